The van der Waals surface area contributed by atoms with Crippen molar-refractivity contribution in [3.8, 4) is 0 Å². The predicted octanol–water partition coefficient (Wildman–Crippen LogP) is 14.9. The van der Waals surface area contributed by atoms with Crippen LogP contribution in [0.25, 0.3) is 10.8 Å². The Morgan fingerprint density at radius 1 is 0.246 bits per heavy atom. The number of rotatable bonds is 13. The molecule has 330 valence electrons. The molecular formula is C65H51N3Si. The third kappa shape index (κ3) is 8.39. The average molecular weight is 902 g/mol. The molecule has 0 N–H and O–H groups in total. The van der Waals surface area contributed by atoms with Gasteiger partial charge in [-0.3, -0.25) is 0 Å². The molecule has 0 aromatic heterocycles. The van der Waals surface area contributed by atoms with Gasteiger partial charge in [-0.25, -0.2) is 0 Å². The molecule has 1 unspecified atom stereocenters. The van der Waals surface area contributed by atoms with Crippen LogP contribution < -0.4 is 35.4 Å². The quantitative estimate of drug-likeness (QED) is 0.0843. The lowest BCUT2D eigenvalue weighted by molar-refractivity contribution is 1.27. The van der Waals surface area contributed by atoms with Crippen molar-refractivity contribution in [1.82, 2.24) is 0 Å². The van der Waals surface area contributed by atoms with Crippen LogP contribution in [0.4, 0.5) is 51.2 Å². The highest BCUT2D eigenvalue weighted by Gasteiger charge is 2.42. The molecule has 11 aromatic rings. The number of para-hydroxylation sites is 4. The number of aryl methyl sites for hydroxylation is 1. The van der Waals surface area contributed by atoms with Crippen molar-refractivity contribution < 1.29 is 0 Å². The molecule has 11 rings (SSSR count). The van der Waals surface area contributed by atoms with E-state index in [4.69, 9.17) is 0 Å². The normalized spacial score (nSPS) is 12.0. The number of nitrogens with zero attached hydrogens (tertiary/aromatic N) is 3. The van der Waals surface area contributed by atoms with Crippen LogP contribution >= 0.6 is 0 Å². The first-order valence-electron chi connectivity index (χ1n) is 23.7. The first kappa shape index (κ1) is 42.9. The van der Waals surface area contributed by atoms with Crippen LogP contribution in [-0.4, -0.2) is 8.07 Å². The molecule has 0 aliphatic carbocycles. The van der Waals surface area contributed by atoms with E-state index < -0.39 is 8.07 Å². The van der Waals surface area contributed by atoms with Crippen LogP contribution in [0.2, 0.25) is 0 Å². The fourth-order valence-corrected chi connectivity index (χ4v) is 14.8. The minimum atomic E-state index is -3.06. The first-order chi connectivity index (χ1) is 34.1. The van der Waals surface area contributed by atoms with Crippen molar-refractivity contribution in [3.63, 3.8) is 0 Å². The second kappa shape index (κ2) is 19.3. The Kier molecular flexibility index (Phi) is 12.0. The maximum absolute atomic E-state index is 3.06. The highest BCUT2D eigenvalue weighted by atomic mass is 28.3. The van der Waals surface area contributed by atoms with Gasteiger partial charge in [-0.1, -0.05) is 188 Å². The Bertz CT molecular complexity index is 3380. The monoisotopic (exact) mass is 901 g/mol. The summed E-state index contributed by atoms with van der Waals surface area (Å²) in [5, 5.41) is 7.62. The zero-order chi connectivity index (χ0) is 46.4. The molecule has 0 heterocycles. The maximum Gasteiger partial charge on any atom is 0.179 e. The zero-order valence-electron chi connectivity index (χ0n) is 38.6. The van der Waals surface area contributed by atoms with E-state index in [2.05, 4.69) is 313 Å². The molecule has 3 nitrogen and oxygen atoms in total. The van der Waals surface area contributed by atoms with Crippen molar-refractivity contribution in [2.45, 2.75) is 6.92 Å². The zero-order valence-corrected chi connectivity index (χ0v) is 39.6. The molecule has 0 radical (unpaired) electrons. The molecular weight excluding hydrogens is 851 g/mol. The molecule has 0 aliphatic heterocycles. The molecule has 11 aromatic carbocycles. The summed E-state index contributed by atoms with van der Waals surface area (Å²) < 4.78 is 0. The summed E-state index contributed by atoms with van der Waals surface area (Å²) in [6.45, 7) is 2.16. The second-order valence-corrected chi connectivity index (χ2v) is 21.3. The van der Waals surface area contributed by atoms with Crippen LogP contribution in [0.5, 0.6) is 0 Å². The fourth-order valence-electron chi connectivity index (χ4n) is 10.1. The van der Waals surface area contributed by atoms with Crippen molar-refractivity contribution in [2.24, 2.45) is 0 Å². The minimum Gasteiger partial charge on any atom is -0.311 e. The number of fused-ring (bicyclic) bond motifs is 1. The van der Waals surface area contributed by atoms with E-state index in [1.807, 2.05) is 0 Å². The van der Waals surface area contributed by atoms with E-state index in [0.717, 1.165) is 51.2 Å². The number of hydrogen-bond acceptors (Lipinski definition) is 3. The standard InChI is InChI=1S/C65H51N3Si/c1-50-21-19-32-59(49-50)67(54-28-11-4-12-29-54)57-39-45-62(46-40-57)69(60-33-15-6-16-34-60,61-43-37-56(38-44-61)66(52-24-7-2-8-25-52)53-26-9-3-10-27-53)63-47-41-58(42-48-63)68(55-30-13-5-14-31-55)65-36-20-23-51-22-17-18-35-64(51)65/h2-49H,1H3. The molecule has 0 fully saturated rings. The smallest absolute Gasteiger partial charge is 0.179 e. The van der Waals surface area contributed by atoms with Gasteiger partial charge in [-0.2, -0.15) is 0 Å². The molecule has 0 spiro atoms. The Morgan fingerprint density at radius 3 is 1.03 bits per heavy atom. The average Bonchev–Trinajstić information content (AvgIpc) is 3.42. The fraction of sp³-hybridized carbons (Fsp3) is 0.0154. The van der Waals surface area contributed by atoms with Gasteiger partial charge in [0.2, 0.25) is 0 Å². The van der Waals surface area contributed by atoms with Crippen molar-refractivity contribution in [2.75, 3.05) is 14.7 Å². The highest BCUT2D eigenvalue weighted by molar-refractivity contribution is 7.19. The maximum atomic E-state index is 2.40. The van der Waals surface area contributed by atoms with Crippen molar-refractivity contribution >= 4 is 90.8 Å². The second-order valence-electron chi connectivity index (χ2n) is 17.4. The van der Waals surface area contributed by atoms with E-state index in [9.17, 15) is 0 Å². The molecule has 69 heavy (non-hydrogen) atoms. The predicted molar refractivity (Wildman–Crippen MR) is 296 cm³/mol. The van der Waals surface area contributed by atoms with Gasteiger partial charge < -0.3 is 14.7 Å². The lowest BCUT2D eigenvalue weighted by atomic mass is 10.1. The summed E-state index contributed by atoms with van der Waals surface area (Å²) in [6, 6.07) is 106. The van der Waals surface area contributed by atoms with E-state index in [0.29, 0.717) is 0 Å². The lowest BCUT2D eigenvalue weighted by Gasteiger charge is -2.36. The van der Waals surface area contributed by atoms with Gasteiger partial charge in [0.25, 0.3) is 0 Å². The summed E-state index contributed by atoms with van der Waals surface area (Å²) in [6.07, 6.45) is 0. The number of anilines is 9. The van der Waals surface area contributed by atoms with E-state index >= 15 is 0 Å². The number of hydrogen-bond donors (Lipinski definition) is 0. The van der Waals surface area contributed by atoms with Gasteiger partial charge in [0.15, 0.2) is 8.07 Å². The molecule has 0 aliphatic rings. The van der Waals surface area contributed by atoms with Crippen LogP contribution in [0.1, 0.15) is 5.56 Å². The third-order valence-electron chi connectivity index (χ3n) is 13.2. The van der Waals surface area contributed by atoms with Crippen molar-refractivity contribution in [1.29, 1.82) is 0 Å². The summed E-state index contributed by atoms with van der Waals surface area (Å²) in [5.74, 6) is 0. The van der Waals surface area contributed by atoms with Crippen LogP contribution in [0, 0.1) is 6.92 Å². The van der Waals surface area contributed by atoms with Gasteiger partial charge >= 0.3 is 0 Å². The topological polar surface area (TPSA) is 9.72 Å². The van der Waals surface area contributed by atoms with Gasteiger partial charge in [-0.15, -0.1) is 0 Å². The first-order valence-corrected chi connectivity index (χ1v) is 25.7. The number of benzene rings is 11. The van der Waals surface area contributed by atoms with Crippen LogP contribution in [0.3, 0.4) is 0 Å². The van der Waals surface area contributed by atoms with Gasteiger partial charge in [0, 0.05) is 50.9 Å². The van der Waals surface area contributed by atoms with Gasteiger partial charge in [0.1, 0.15) is 0 Å². The van der Waals surface area contributed by atoms with Gasteiger partial charge in [-0.05, 0) is 142 Å². The molecule has 0 saturated heterocycles. The SMILES string of the molecule is Cc1cccc(N(c2ccccc2)c2ccc([Si](c3ccccc3)(c3ccc(N(c4ccccc4)c4ccccc4)cc3)c3ccc(N(c4ccccc4)c4cccc5ccccc45)cc3)cc2)c1. The Labute approximate surface area is 407 Å². The summed E-state index contributed by atoms with van der Waals surface area (Å²) in [7, 11) is -3.06. The van der Waals surface area contributed by atoms with Crippen molar-refractivity contribution in [3.05, 3.63) is 297 Å². The third-order valence-corrected chi connectivity index (χ3v) is 18.0. The molecule has 1 atom stereocenters. The van der Waals surface area contributed by atoms with E-state index in [-0.39, 0.29) is 0 Å². The Hall–Kier alpha value is -8.70. The minimum absolute atomic E-state index is 1.10. The van der Waals surface area contributed by atoms with E-state index in [1.54, 1.807) is 0 Å². The lowest BCUT2D eigenvalue weighted by Crippen LogP contribution is -2.74. The Morgan fingerprint density at radius 2 is 0.565 bits per heavy atom. The van der Waals surface area contributed by atoms with Gasteiger partial charge in [0.05, 0.1) is 5.69 Å². The largest absolute Gasteiger partial charge is 0.311 e. The Balaban J connectivity index is 1.11. The highest BCUT2D eigenvalue weighted by Crippen LogP contribution is 2.40. The molecule has 0 bridgehead atoms. The summed E-state index contributed by atoms with van der Waals surface area (Å²) in [4.78, 5) is 7.10. The summed E-state index contributed by atoms with van der Waals surface area (Å²) >= 11 is 0. The summed E-state index contributed by atoms with van der Waals surface area (Å²) in [5.41, 5.74) is 11.2. The molecule has 0 saturated carbocycles. The molecule has 4 heteroatoms. The molecule has 0 amide bonds. The van der Waals surface area contributed by atoms with E-state index in [1.165, 1.54) is 37.1 Å². The van der Waals surface area contributed by atoms with Crippen LogP contribution in [-0.2, 0) is 0 Å². The van der Waals surface area contributed by atoms with Crippen LogP contribution in [0.15, 0.2) is 291 Å².